The van der Waals surface area contributed by atoms with Gasteiger partial charge in [0.05, 0.1) is 5.92 Å². The summed E-state index contributed by atoms with van der Waals surface area (Å²) in [4.78, 5) is 13.4. The third-order valence-electron chi connectivity index (χ3n) is 4.72. The average Bonchev–Trinajstić information content (AvgIpc) is 2.86. The van der Waals surface area contributed by atoms with Crippen LogP contribution in [0.5, 0.6) is 0 Å². The smallest absolute Gasteiger partial charge is 0.309 e. The Hall–Kier alpha value is -0.870. The van der Waals surface area contributed by atoms with Crippen LogP contribution in [0.2, 0.25) is 0 Å². The second kappa shape index (κ2) is 5.63. The van der Waals surface area contributed by atoms with Crippen LogP contribution in [0, 0.1) is 17.3 Å². The number of nitrogens with two attached hydrogens (primary N) is 1. The average molecular weight is 281 g/mol. The first-order valence-electron chi connectivity index (χ1n) is 6.87. The number of ether oxygens (including phenoxy) is 1. The minimum Gasteiger partial charge on any atom is -0.460 e. The van der Waals surface area contributed by atoms with Crippen molar-refractivity contribution < 1.29 is 9.53 Å². The first-order valence-corrected chi connectivity index (χ1v) is 7.75. The van der Waals surface area contributed by atoms with E-state index in [1.54, 1.807) is 11.3 Å². The molecule has 19 heavy (non-hydrogen) atoms. The lowest BCUT2D eigenvalue weighted by atomic mass is 9.61. The van der Waals surface area contributed by atoms with E-state index in [9.17, 15) is 4.79 Å². The minimum atomic E-state index is -0.0931. The van der Waals surface area contributed by atoms with Gasteiger partial charge in [0, 0.05) is 10.9 Å². The molecule has 0 aliphatic heterocycles. The Bertz CT molecular complexity index is 427. The standard InChI is InChI=1S/C15H23NO2S/c1-10-13(16)7-6-12(15(10,2)3)14(17)18-9-11-5-4-8-19-11/h4-5,8,10,12-13H,6-7,9,16H2,1-3H3. The van der Waals surface area contributed by atoms with Gasteiger partial charge in [0.15, 0.2) is 0 Å². The Morgan fingerprint density at radius 1 is 1.53 bits per heavy atom. The summed E-state index contributed by atoms with van der Waals surface area (Å²) in [6.45, 7) is 6.80. The number of esters is 1. The number of carbonyl (C=O) groups is 1. The summed E-state index contributed by atoms with van der Waals surface area (Å²) >= 11 is 1.62. The first kappa shape index (κ1) is 14.5. The monoisotopic (exact) mass is 281 g/mol. The van der Waals surface area contributed by atoms with Crippen molar-refractivity contribution in [1.29, 1.82) is 0 Å². The summed E-state index contributed by atoms with van der Waals surface area (Å²) < 4.78 is 5.48. The van der Waals surface area contributed by atoms with Gasteiger partial charge >= 0.3 is 5.97 Å². The van der Waals surface area contributed by atoms with Crippen LogP contribution in [0.4, 0.5) is 0 Å². The fourth-order valence-corrected chi connectivity index (χ4v) is 3.53. The van der Waals surface area contributed by atoms with Gasteiger partial charge in [-0.3, -0.25) is 4.79 Å². The van der Waals surface area contributed by atoms with Crippen LogP contribution in [0.1, 0.15) is 38.5 Å². The fraction of sp³-hybridized carbons (Fsp3) is 0.667. The molecule has 3 nitrogen and oxygen atoms in total. The quantitative estimate of drug-likeness (QED) is 0.866. The summed E-state index contributed by atoms with van der Waals surface area (Å²) in [6, 6.07) is 4.15. The van der Waals surface area contributed by atoms with Crippen molar-refractivity contribution in [3.05, 3.63) is 22.4 Å². The van der Waals surface area contributed by atoms with Gasteiger partial charge in [0.1, 0.15) is 6.61 Å². The third-order valence-corrected chi connectivity index (χ3v) is 5.57. The second-order valence-corrected chi connectivity index (χ2v) is 7.12. The summed E-state index contributed by atoms with van der Waals surface area (Å²) in [5.41, 5.74) is 6.02. The lowest BCUT2D eigenvalue weighted by Gasteiger charge is -2.45. The zero-order valence-electron chi connectivity index (χ0n) is 11.9. The van der Waals surface area contributed by atoms with Crippen molar-refractivity contribution in [2.45, 2.75) is 46.3 Å². The van der Waals surface area contributed by atoms with E-state index in [1.165, 1.54) is 0 Å². The molecule has 1 fully saturated rings. The lowest BCUT2D eigenvalue weighted by Crippen LogP contribution is -2.49. The van der Waals surface area contributed by atoms with Crippen LogP contribution in [0.15, 0.2) is 17.5 Å². The molecule has 4 heteroatoms. The van der Waals surface area contributed by atoms with E-state index >= 15 is 0 Å². The Morgan fingerprint density at radius 3 is 2.89 bits per heavy atom. The van der Waals surface area contributed by atoms with Crippen molar-refractivity contribution in [2.75, 3.05) is 0 Å². The topological polar surface area (TPSA) is 52.3 Å². The van der Waals surface area contributed by atoms with E-state index in [1.807, 2.05) is 17.5 Å². The molecular formula is C15H23NO2S. The van der Waals surface area contributed by atoms with Crippen molar-refractivity contribution >= 4 is 17.3 Å². The maximum Gasteiger partial charge on any atom is 0.309 e. The summed E-state index contributed by atoms with van der Waals surface area (Å²) in [7, 11) is 0. The molecule has 3 atom stereocenters. The predicted octanol–water partition coefficient (Wildman–Crippen LogP) is 3.19. The first-order chi connectivity index (χ1) is 8.93. The van der Waals surface area contributed by atoms with Crippen LogP contribution in [0.25, 0.3) is 0 Å². The van der Waals surface area contributed by atoms with E-state index in [4.69, 9.17) is 10.5 Å². The normalized spacial score (nSPS) is 30.0. The molecular weight excluding hydrogens is 258 g/mol. The second-order valence-electron chi connectivity index (χ2n) is 6.09. The number of hydrogen-bond acceptors (Lipinski definition) is 4. The molecule has 1 aromatic heterocycles. The molecule has 1 aromatic rings. The molecule has 2 N–H and O–H groups in total. The van der Waals surface area contributed by atoms with Gasteiger partial charge in [-0.2, -0.15) is 0 Å². The van der Waals surface area contributed by atoms with E-state index in [2.05, 4.69) is 20.8 Å². The molecule has 0 saturated heterocycles. The van der Waals surface area contributed by atoms with E-state index < -0.39 is 0 Å². The van der Waals surface area contributed by atoms with Gasteiger partial charge in [-0.1, -0.05) is 26.8 Å². The third kappa shape index (κ3) is 3.00. The van der Waals surface area contributed by atoms with Gasteiger partial charge < -0.3 is 10.5 Å². The number of hydrogen-bond donors (Lipinski definition) is 1. The largest absolute Gasteiger partial charge is 0.460 e. The van der Waals surface area contributed by atoms with Crippen molar-refractivity contribution in [3.8, 4) is 0 Å². The zero-order chi connectivity index (χ0) is 14.0. The van der Waals surface area contributed by atoms with E-state index in [0.717, 1.165) is 17.7 Å². The summed E-state index contributed by atoms with van der Waals surface area (Å²) in [5, 5.41) is 1.99. The van der Waals surface area contributed by atoms with Crippen molar-refractivity contribution in [3.63, 3.8) is 0 Å². The van der Waals surface area contributed by atoms with Crippen LogP contribution < -0.4 is 5.73 Å². The summed E-state index contributed by atoms with van der Waals surface area (Å²) in [6.07, 6.45) is 1.74. The van der Waals surface area contributed by atoms with Gasteiger partial charge in [-0.15, -0.1) is 11.3 Å². The predicted molar refractivity (Wildman–Crippen MR) is 77.8 cm³/mol. The Morgan fingerprint density at radius 2 is 2.26 bits per heavy atom. The van der Waals surface area contributed by atoms with Crippen molar-refractivity contribution in [2.24, 2.45) is 23.0 Å². The molecule has 106 valence electrons. The fourth-order valence-electron chi connectivity index (χ4n) is 2.91. The van der Waals surface area contributed by atoms with Crippen LogP contribution >= 0.6 is 11.3 Å². The molecule has 1 aliphatic rings. The highest BCUT2D eigenvalue weighted by Crippen LogP contribution is 2.44. The van der Waals surface area contributed by atoms with Gasteiger partial charge in [-0.05, 0) is 35.6 Å². The molecule has 1 aliphatic carbocycles. The van der Waals surface area contributed by atoms with E-state index in [0.29, 0.717) is 12.5 Å². The Kier molecular flexibility index (Phi) is 4.31. The van der Waals surface area contributed by atoms with Gasteiger partial charge in [0.2, 0.25) is 0 Å². The van der Waals surface area contributed by atoms with Crippen LogP contribution in [0.3, 0.4) is 0 Å². The molecule has 0 amide bonds. The van der Waals surface area contributed by atoms with Crippen LogP contribution in [-0.4, -0.2) is 12.0 Å². The molecule has 0 radical (unpaired) electrons. The Labute approximate surface area is 119 Å². The van der Waals surface area contributed by atoms with Gasteiger partial charge in [0.25, 0.3) is 0 Å². The summed E-state index contributed by atoms with van der Waals surface area (Å²) in [5.74, 6) is 0.222. The SMILES string of the molecule is CC1C(N)CCC(C(=O)OCc2cccs2)C1(C)C. The van der Waals surface area contributed by atoms with E-state index in [-0.39, 0.29) is 23.3 Å². The highest BCUT2D eigenvalue weighted by Gasteiger charge is 2.45. The minimum absolute atomic E-state index is 0.0396. The van der Waals surface area contributed by atoms with Crippen LogP contribution in [-0.2, 0) is 16.1 Å². The lowest BCUT2D eigenvalue weighted by molar-refractivity contribution is -0.158. The molecule has 0 spiro atoms. The van der Waals surface area contributed by atoms with Gasteiger partial charge in [-0.25, -0.2) is 0 Å². The number of rotatable bonds is 3. The van der Waals surface area contributed by atoms with Crippen molar-refractivity contribution in [1.82, 2.24) is 0 Å². The molecule has 0 bridgehead atoms. The highest BCUT2D eigenvalue weighted by atomic mass is 32.1. The maximum atomic E-state index is 12.3. The molecule has 1 heterocycles. The highest BCUT2D eigenvalue weighted by molar-refractivity contribution is 7.09. The number of thiophene rings is 1. The number of carbonyl (C=O) groups excluding carboxylic acids is 1. The maximum absolute atomic E-state index is 12.3. The molecule has 1 saturated carbocycles. The molecule has 2 rings (SSSR count). The molecule has 0 aromatic carbocycles. The zero-order valence-corrected chi connectivity index (χ0v) is 12.7. The molecule has 3 unspecified atom stereocenters. The Balaban J connectivity index is 1.98.